The number of methoxy groups -OCH3 is 1. The van der Waals surface area contributed by atoms with Crippen molar-refractivity contribution in [3.8, 4) is 22.6 Å². The Morgan fingerprint density at radius 3 is 2.78 bits per heavy atom. The number of phenolic OH excluding ortho intramolecular Hbond substituents is 1. The van der Waals surface area contributed by atoms with E-state index in [1.807, 2.05) is 36.5 Å². The number of hydrogen-bond donors (Lipinski definition) is 3. The molecular weight excluding hydrogens is 294 g/mol. The van der Waals surface area contributed by atoms with E-state index in [1.165, 1.54) is 7.11 Å². The largest absolute Gasteiger partial charge is 0.504 e. The van der Waals surface area contributed by atoms with E-state index in [-0.39, 0.29) is 12.2 Å². The molecule has 0 bridgehead atoms. The Hall–Kier alpha value is -2.95. The molecule has 0 aliphatic heterocycles. The second-order valence-electron chi connectivity index (χ2n) is 5.37. The predicted molar refractivity (Wildman–Crippen MR) is 87.9 cm³/mol. The maximum absolute atomic E-state index is 10.8. The minimum atomic E-state index is -0.854. The van der Waals surface area contributed by atoms with Crippen molar-refractivity contribution in [2.45, 2.75) is 12.8 Å². The summed E-state index contributed by atoms with van der Waals surface area (Å²) >= 11 is 0. The molecule has 118 valence electrons. The van der Waals surface area contributed by atoms with Crippen LogP contribution >= 0.6 is 0 Å². The highest BCUT2D eigenvalue weighted by Gasteiger charge is 2.13. The molecule has 23 heavy (non-hydrogen) atoms. The molecule has 0 fully saturated rings. The number of nitrogens with one attached hydrogen (secondary N) is 1. The summed E-state index contributed by atoms with van der Waals surface area (Å²) in [5.41, 5.74) is 3.31. The average molecular weight is 311 g/mol. The molecule has 2 aromatic carbocycles. The molecule has 1 aromatic heterocycles. The Balaban J connectivity index is 2.08. The van der Waals surface area contributed by atoms with Crippen LogP contribution in [0.3, 0.4) is 0 Å². The van der Waals surface area contributed by atoms with Gasteiger partial charge in [0.25, 0.3) is 0 Å². The van der Waals surface area contributed by atoms with Crippen molar-refractivity contribution in [1.82, 2.24) is 4.98 Å². The smallest absolute Gasteiger partial charge is 0.303 e. The lowest BCUT2D eigenvalue weighted by Gasteiger charge is -2.12. The maximum Gasteiger partial charge on any atom is 0.303 e. The van der Waals surface area contributed by atoms with Crippen LogP contribution in [-0.2, 0) is 11.2 Å². The number of fused-ring (bicyclic) bond motifs is 1. The van der Waals surface area contributed by atoms with Crippen LogP contribution in [0.5, 0.6) is 11.5 Å². The number of hydrogen-bond acceptors (Lipinski definition) is 3. The number of carbonyl (C=O) groups is 1. The van der Waals surface area contributed by atoms with Crippen molar-refractivity contribution in [2.75, 3.05) is 7.11 Å². The van der Waals surface area contributed by atoms with Crippen LogP contribution in [0.4, 0.5) is 0 Å². The lowest BCUT2D eigenvalue weighted by atomic mass is 9.98. The minimum Gasteiger partial charge on any atom is -0.504 e. The van der Waals surface area contributed by atoms with Gasteiger partial charge in [0.05, 0.1) is 7.11 Å². The number of aromatic nitrogens is 1. The van der Waals surface area contributed by atoms with Crippen molar-refractivity contribution < 1.29 is 19.7 Å². The van der Waals surface area contributed by atoms with Crippen LogP contribution in [0.2, 0.25) is 0 Å². The van der Waals surface area contributed by atoms with Crippen LogP contribution in [0.1, 0.15) is 12.0 Å². The molecule has 1 heterocycles. The van der Waals surface area contributed by atoms with Gasteiger partial charge in [-0.2, -0.15) is 0 Å². The number of ether oxygens (including phenoxy) is 1. The van der Waals surface area contributed by atoms with E-state index in [0.29, 0.717) is 17.7 Å². The molecule has 3 aromatic rings. The number of benzene rings is 2. The number of carboxylic acid groups (broad SMARTS) is 1. The van der Waals surface area contributed by atoms with Gasteiger partial charge < -0.3 is 19.9 Å². The standard InChI is InChI=1S/C18H17NO4/c1-23-16-9-11(2-5-17(20)21)8-14(18(16)22)12-3-4-15-13(10-12)6-7-19-15/h3-4,6-10,19,22H,2,5H2,1H3,(H,20,21). The second-order valence-corrected chi connectivity index (χ2v) is 5.37. The molecule has 0 aliphatic carbocycles. The van der Waals surface area contributed by atoms with Gasteiger partial charge in [-0.3, -0.25) is 4.79 Å². The van der Waals surface area contributed by atoms with Crippen LogP contribution in [0.15, 0.2) is 42.6 Å². The lowest BCUT2D eigenvalue weighted by molar-refractivity contribution is -0.136. The zero-order valence-electron chi connectivity index (χ0n) is 12.7. The summed E-state index contributed by atoms with van der Waals surface area (Å²) in [5.74, 6) is -0.453. The molecule has 5 heteroatoms. The third-order valence-electron chi connectivity index (χ3n) is 3.85. The van der Waals surface area contributed by atoms with Gasteiger partial charge in [0.2, 0.25) is 0 Å². The molecule has 0 radical (unpaired) electrons. The van der Waals surface area contributed by atoms with E-state index >= 15 is 0 Å². The average Bonchev–Trinajstić information content (AvgIpc) is 3.01. The van der Waals surface area contributed by atoms with Gasteiger partial charge in [-0.1, -0.05) is 6.07 Å². The number of aromatic hydroxyl groups is 1. The Kier molecular flexibility index (Phi) is 3.93. The van der Waals surface area contributed by atoms with E-state index in [9.17, 15) is 9.90 Å². The first-order chi connectivity index (χ1) is 11.1. The van der Waals surface area contributed by atoms with E-state index < -0.39 is 5.97 Å². The number of aromatic amines is 1. The van der Waals surface area contributed by atoms with Crippen LogP contribution in [-0.4, -0.2) is 28.3 Å². The van der Waals surface area contributed by atoms with Crippen LogP contribution < -0.4 is 4.74 Å². The fraction of sp³-hybridized carbons (Fsp3) is 0.167. The molecule has 0 atom stereocenters. The maximum atomic E-state index is 10.8. The molecule has 0 unspecified atom stereocenters. The Morgan fingerprint density at radius 2 is 2.04 bits per heavy atom. The number of aryl methyl sites for hydroxylation is 1. The summed E-state index contributed by atoms with van der Waals surface area (Å²) in [7, 11) is 1.48. The van der Waals surface area contributed by atoms with Gasteiger partial charge in [0, 0.05) is 23.7 Å². The first-order valence-electron chi connectivity index (χ1n) is 7.27. The highest BCUT2D eigenvalue weighted by atomic mass is 16.5. The first-order valence-corrected chi connectivity index (χ1v) is 7.27. The Bertz CT molecular complexity index is 867. The lowest BCUT2D eigenvalue weighted by Crippen LogP contribution is -1.98. The first kappa shape index (κ1) is 15.0. The number of H-pyrrole nitrogens is 1. The van der Waals surface area contributed by atoms with Gasteiger partial charge in [-0.05, 0) is 53.3 Å². The molecule has 3 N–H and O–H groups in total. The molecule has 0 aliphatic rings. The van der Waals surface area contributed by atoms with E-state index in [1.54, 1.807) is 6.07 Å². The van der Waals surface area contributed by atoms with E-state index in [0.717, 1.165) is 22.0 Å². The molecular formula is C18H17NO4. The molecule has 0 saturated carbocycles. The summed E-state index contributed by atoms with van der Waals surface area (Å²) in [6.07, 6.45) is 2.27. The van der Waals surface area contributed by atoms with E-state index in [2.05, 4.69) is 4.98 Å². The van der Waals surface area contributed by atoms with Gasteiger partial charge in [-0.15, -0.1) is 0 Å². The Labute approximate surface area is 133 Å². The zero-order valence-corrected chi connectivity index (χ0v) is 12.7. The summed E-state index contributed by atoms with van der Waals surface area (Å²) in [6.45, 7) is 0. The topological polar surface area (TPSA) is 82.5 Å². The highest BCUT2D eigenvalue weighted by molar-refractivity contribution is 5.87. The van der Waals surface area contributed by atoms with Gasteiger partial charge in [0.15, 0.2) is 11.5 Å². The van der Waals surface area contributed by atoms with Crippen LogP contribution in [0, 0.1) is 0 Å². The monoisotopic (exact) mass is 311 g/mol. The molecule has 0 amide bonds. The van der Waals surface area contributed by atoms with Gasteiger partial charge >= 0.3 is 5.97 Å². The molecule has 0 saturated heterocycles. The summed E-state index contributed by atoms with van der Waals surface area (Å²) in [5, 5.41) is 20.3. The second kappa shape index (κ2) is 6.04. The quantitative estimate of drug-likeness (QED) is 0.673. The van der Waals surface area contributed by atoms with Gasteiger partial charge in [0.1, 0.15) is 0 Å². The predicted octanol–water partition coefficient (Wildman–Crippen LogP) is 3.57. The third-order valence-corrected chi connectivity index (χ3v) is 3.85. The fourth-order valence-corrected chi connectivity index (χ4v) is 2.66. The van der Waals surface area contributed by atoms with Crippen molar-refractivity contribution in [1.29, 1.82) is 0 Å². The number of rotatable bonds is 5. The third kappa shape index (κ3) is 2.99. The number of phenols is 1. The Morgan fingerprint density at radius 1 is 1.22 bits per heavy atom. The summed E-state index contributed by atoms with van der Waals surface area (Å²) in [4.78, 5) is 13.9. The van der Waals surface area contributed by atoms with Crippen LogP contribution in [0.25, 0.3) is 22.0 Å². The number of aliphatic carboxylic acids is 1. The van der Waals surface area contributed by atoms with Crippen molar-refractivity contribution in [2.24, 2.45) is 0 Å². The summed E-state index contributed by atoms with van der Waals surface area (Å²) in [6, 6.07) is 11.3. The normalized spacial score (nSPS) is 10.8. The minimum absolute atomic E-state index is 0.0320. The van der Waals surface area contributed by atoms with Crippen molar-refractivity contribution in [3.63, 3.8) is 0 Å². The SMILES string of the molecule is COc1cc(CCC(=O)O)cc(-c2ccc3[nH]ccc3c2)c1O. The zero-order chi connectivity index (χ0) is 16.4. The number of carboxylic acids is 1. The molecule has 5 nitrogen and oxygen atoms in total. The van der Waals surface area contributed by atoms with E-state index in [4.69, 9.17) is 9.84 Å². The van der Waals surface area contributed by atoms with Crippen molar-refractivity contribution >= 4 is 16.9 Å². The molecule has 0 spiro atoms. The van der Waals surface area contributed by atoms with Gasteiger partial charge in [-0.25, -0.2) is 0 Å². The fourth-order valence-electron chi connectivity index (χ4n) is 2.66. The molecule has 3 rings (SSSR count). The van der Waals surface area contributed by atoms with Crippen molar-refractivity contribution in [3.05, 3.63) is 48.2 Å². The summed E-state index contributed by atoms with van der Waals surface area (Å²) < 4.78 is 5.22. The highest BCUT2D eigenvalue weighted by Crippen LogP contribution is 2.39.